The van der Waals surface area contributed by atoms with E-state index in [-0.39, 0.29) is 6.04 Å². The molecular weight excluding hydrogens is 178 g/mol. The number of hydrogen-bond acceptors (Lipinski definition) is 3. The highest BCUT2D eigenvalue weighted by Gasteiger charge is 2.50. The van der Waals surface area contributed by atoms with E-state index in [2.05, 4.69) is 18.7 Å². The van der Waals surface area contributed by atoms with Crippen LogP contribution in [0.5, 0.6) is 0 Å². The molecule has 2 aliphatic rings. The van der Waals surface area contributed by atoms with Crippen LogP contribution in [-0.4, -0.2) is 42.5 Å². The minimum absolute atomic E-state index is 0.138. The van der Waals surface area contributed by atoms with E-state index in [0.29, 0.717) is 17.2 Å². The van der Waals surface area contributed by atoms with Crippen LogP contribution < -0.4 is 0 Å². The largest absolute Gasteiger partial charge is 0.380 e. The Kier molecular flexibility index (Phi) is 2.40. The van der Waals surface area contributed by atoms with Crippen molar-refractivity contribution in [3.63, 3.8) is 0 Å². The predicted molar refractivity (Wildman–Crippen MR) is 54.2 cm³/mol. The van der Waals surface area contributed by atoms with Crippen molar-refractivity contribution in [2.45, 2.75) is 39.3 Å². The molecule has 0 bridgehead atoms. The van der Waals surface area contributed by atoms with Crippen LogP contribution in [0.1, 0.15) is 27.2 Å². The SMILES string of the molecule is CC(=O)C1CC2(COC2)CN1C(C)C. The summed E-state index contributed by atoms with van der Waals surface area (Å²) in [5, 5.41) is 0. The maximum absolute atomic E-state index is 11.5. The normalized spacial score (nSPS) is 31.0. The van der Waals surface area contributed by atoms with E-state index in [9.17, 15) is 4.79 Å². The third kappa shape index (κ3) is 1.48. The van der Waals surface area contributed by atoms with Crippen LogP contribution in [-0.2, 0) is 9.53 Å². The van der Waals surface area contributed by atoms with E-state index < -0.39 is 0 Å². The standard InChI is InChI=1S/C11H19NO2/c1-8(2)12-5-11(6-14-7-11)4-10(12)9(3)13/h8,10H,4-7H2,1-3H3. The molecule has 0 aromatic heterocycles. The van der Waals surface area contributed by atoms with Crippen molar-refractivity contribution in [3.8, 4) is 0 Å². The third-order valence-corrected chi connectivity index (χ3v) is 3.49. The van der Waals surface area contributed by atoms with Gasteiger partial charge in [0.15, 0.2) is 0 Å². The molecule has 80 valence electrons. The Balaban J connectivity index is 2.11. The van der Waals surface area contributed by atoms with Crippen LogP contribution in [0.25, 0.3) is 0 Å². The summed E-state index contributed by atoms with van der Waals surface area (Å²) in [4.78, 5) is 13.8. The number of hydrogen-bond donors (Lipinski definition) is 0. The van der Waals surface area contributed by atoms with Gasteiger partial charge in [-0.05, 0) is 27.2 Å². The van der Waals surface area contributed by atoms with E-state index in [4.69, 9.17) is 4.74 Å². The second kappa shape index (κ2) is 3.31. The molecule has 0 aromatic rings. The monoisotopic (exact) mass is 197 g/mol. The molecule has 2 rings (SSSR count). The van der Waals surface area contributed by atoms with Crippen molar-refractivity contribution in [2.75, 3.05) is 19.8 Å². The van der Waals surface area contributed by atoms with Crippen molar-refractivity contribution < 1.29 is 9.53 Å². The first-order valence-electron chi connectivity index (χ1n) is 5.38. The van der Waals surface area contributed by atoms with E-state index >= 15 is 0 Å². The van der Waals surface area contributed by atoms with Crippen molar-refractivity contribution in [3.05, 3.63) is 0 Å². The zero-order valence-electron chi connectivity index (χ0n) is 9.25. The maximum atomic E-state index is 11.5. The summed E-state index contributed by atoms with van der Waals surface area (Å²) in [6.07, 6.45) is 1.00. The van der Waals surface area contributed by atoms with Gasteiger partial charge in [0.25, 0.3) is 0 Å². The summed E-state index contributed by atoms with van der Waals surface area (Å²) in [7, 11) is 0. The van der Waals surface area contributed by atoms with Crippen molar-refractivity contribution in [2.24, 2.45) is 5.41 Å². The highest BCUT2D eigenvalue weighted by molar-refractivity contribution is 5.82. The van der Waals surface area contributed by atoms with Gasteiger partial charge in [0.2, 0.25) is 0 Å². The molecule has 2 heterocycles. The van der Waals surface area contributed by atoms with Gasteiger partial charge in [-0.1, -0.05) is 0 Å². The van der Waals surface area contributed by atoms with E-state index in [1.165, 1.54) is 0 Å². The van der Waals surface area contributed by atoms with Gasteiger partial charge < -0.3 is 4.74 Å². The number of carbonyl (C=O) groups excluding carboxylic acids is 1. The highest BCUT2D eigenvalue weighted by atomic mass is 16.5. The van der Waals surface area contributed by atoms with Gasteiger partial charge in [0, 0.05) is 18.0 Å². The highest BCUT2D eigenvalue weighted by Crippen LogP contribution is 2.41. The summed E-state index contributed by atoms with van der Waals surface area (Å²) in [5.74, 6) is 0.308. The lowest BCUT2D eigenvalue weighted by Gasteiger charge is -2.38. The first kappa shape index (κ1) is 10.1. The number of carbonyl (C=O) groups is 1. The zero-order chi connectivity index (χ0) is 10.3. The number of likely N-dealkylation sites (tertiary alicyclic amines) is 1. The summed E-state index contributed by atoms with van der Waals surface area (Å²) in [5.41, 5.74) is 0.306. The Hall–Kier alpha value is -0.410. The van der Waals surface area contributed by atoms with E-state index in [0.717, 1.165) is 26.2 Å². The van der Waals surface area contributed by atoms with Crippen molar-refractivity contribution >= 4 is 5.78 Å². The number of ketones is 1. The van der Waals surface area contributed by atoms with Gasteiger partial charge in [-0.15, -0.1) is 0 Å². The van der Waals surface area contributed by atoms with Crippen molar-refractivity contribution in [1.29, 1.82) is 0 Å². The number of Topliss-reactive ketones (excluding diaryl/α,β-unsaturated/α-hetero) is 1. The smallest absolute Gasteiger partial charge is 0.146 e. The molecule has 0 aromatic carbocycles. The number of ether oxygens (including phenoxy) is 1. The molecule has 0 aliphatic carbocycles. The summed E-state index contributed by atoms with van der Waals surface area (Å²) < 4.78 is 5.28. The second-order valence-corrected chi connectivity index (χ2v) is 5.09. The van der Waals surface area contributed by atoms with Crippen LogP contribution in [0.3, 0.4) is 0 Å². The molecule has 1 atom stereocenters. The summed E-state index contributed by atoms with van der Waals surface area (Å²) in [6.45, 7) is 8.76. The molecule has 14 heavy (non-hydrogen) atoms. The van der Waals surface area contributed by atoms with Crippen LogP contribution in [0.4, 0.5) is 0 Å². The molecule has 2 aliphatic heterocycles. The molecule has 2 saturated heterocycles. The van der Waals surface area contributed by atoms with Gasteiger partial charge in [-0.3, -0.25) is 9.69 Å². The van der Waals surface area contributed by atoms with Crippen LogP contribution >= 0.6 is 0 Å². The van der Waals surface area contributed by atoms with Gasteiger partial charge >= 0.3 is 0 Å². The molecule has 3 nitrogen and oxygen atoms in total. The molecule has 0 saturated carbocycles. The molecule has 3 heteroatoms. The van der Waals surface area contributed by atoms with Crippen molar-refractivity contribution in [1.82, 2.24) is 4.90 Å². The van der Waals surface area contributed by atoms with Crippen LogP contribution in [0.15, 0.2) is 0 Å². The zero-order valence-corrected chi connectivity index (χ0v) is 9.25. The molecule has 1 spiro atoms. The molecule has 0 radical (unpaired) electrons. The Morgan fingerprint density at radius 3 is 2.43 bits per heavy atom. The lowest BCUT2D eigenvalue weighted by molar-refractivity contribution is -0.122. The molecule has 1 unspecified atom stereocenters. The quantitative estimate of drug-likeness (QED) is 0.663. The molecule has 2 fully saturated rings. The van der Waals surface area contributed by atoms with Gasteiger partial charge in [-0.2, -0.15) is 0 Å². The summed E-state index contributed by atoms with van der Waals surface area (Å²) in [6, 6.07) is 0.600. The number of rotatable bonds is 2. The Morgan fingerprint density at radius 1 is 1.50 bits per heavy atom. The Labute approximate surface area is 85.4 Å². The minimum Gasteiger partial charge on any atom is -0.380 e. The van der Waals surface area contributed by atoms with Gasteiger partial charge in [-0.25, -0.2) is 0 Å². The molecular formula is C11H19NO2. The summed E-state index contributed by atoms with van der Waals surface area (Å²) >= 11 is 0. The fraction of sp³-hybridized carbons (Fsp3) is 0.909. The third-order valence-electron chi connectivity index (χ3n) is 3.49. The first-order valence-corrected chi connectivity index (χ1v) is 5.38. The topological polar surface area (TPSA) is 29.5 Å². The molecule has 0 N–H and O–H groups in total. The predicted octanol–water partition coefficient (Wildman–Crippen LogP) is 1.07. The maximum Gasteiger partial charge on any atom is 0.146 e. The second-order valence-electron chi connectivity index (χ2n) is 5.09. The fourth-order valence-electron chi connectivity index (χ4n) is 2.61. The lowest BCUT2D eigenvalue weighted by atomic mass is 9.83. The number of nitrogens with zero attached hydrogens (tertiary/aromatic N) is 1. The van der Waals surface area contributed by atoms with Gasteiger partial charge in [0.05, 0.1) is 19.3 Å². The molecule has 0 amide bonds. The van der Waals surface area contributed by atoms with E-state index in [1.54, 1.807) is 6.92 Å². The minimum atomic E-state index is 0.138. The average Bonchev–Trinajstić information content (AvgIpc) is 2.42. The van der Waals surface area contributed by atoms with Crippen LogP contribution in [0, 0.1) is 5.41 Å². The van der Waals surface area contributed by atoms with E-state index in [1.807, 2.05) is 0 Å². The first-order chi connectivity index (χ1) is 6.54. The average molecular weight is 197 g/mol. The Bertz CT molecular complexity index is 246. The van der Waals surface area contributed by atoms with Gasteiger partial charge in [0.1, 0.15) is 5.78 Å². The lowest BCUT2D eigenvalue weighted by Crippen LogP contribution is -2.45. The Morgan fingerprint density at radius 2 is 2.14 bits per heavy atom. The van der Waals surface area contributed by atoms with Crippen LogP contribution in [0.2, 0.25) is 0 Å². The fourth-order valence-corrected chi connectivity index (χ4v) is 2.61.